The molecule has 3 rings (SSSR count). The SMILES string of the molecule is COc1ccccc1CN1CCN(S(=O)(=O)c2cccc(C(C)=O)c2)CC1. The Morgan fingerprint density at radius 1 is 1.04 bits per heavy atom. The van der Waals surface area contributed by atoms with Crippen molar-refractivity contribution < 1.29 is 17.9 Å². The zero-order valence-corrected chi connectivity index (χ0v) is 16.4. The Labute approximate surface area is 160 Å². The van der Waals surface area contributed by atoms with Crippen LogP contribution in [-0.2, 0) is 16.6 Å². The van der Waals surface area contributed by atoms with Crippen LogP contribution in [0.4, 0.5) is 0 Å². The molecule has 1 saturated heterocycles. The lowest BCUT2D eigenvalue weighted by Crippen LogP contribution is -2.48. The molecular weight excluding hydrogens is 364 g/mol. The molecule has 7 heteroatoms. The van der Waals surface area contributed by atoms with E-state index in [9.17, 15) is 13.2 Å². The van der Waals surface area contributed by atoms with Crippen LogP contribution < -0.4 is 4.74 Å². The van der Waals surface area contributed by atoms with Crippen LogP contribution in [0.25, 0.3) is 0 Å². The fourth-order valence-corrected chi connectivity index (χ4v) is 4.70. The third kappa shape index (κ3) is 4.37. The van der Waals surface area contributed by atoms with E-state index in [0.717, 1.165) is 17.9 Å². The fourth-order valence-electron chi connectivity index (χ4n) is 3.23. The molecule has 0 unspecified atom stereocenters. The molecule has 0 saturated carbocycles. The molecular formula is C20H24N2O4S. The van der Waals surface area contributed by atoms with Crippen molar-refractivity contribution in [2.45, 2.75) is 18.4 Å². The van der Waals surface area contributed by atoms with Gasteiger partial charge in [-0.25, -0.2) is 8.42 Å². The quantitative estimate of drug-likeness (QED) is 0.711. The Morgan fingerprint density at radius 3 is 2.41 bits per heavy atom. The molecule has 6 nitrogen and oxygen atoms in total. The standard InChI is InChI=1S/C20H24N2O4S/c1-16(23)17-7-5-8-19(14-17)27(24,25)22-12-10-21(11-13-22)15-18-6-3-4-9-20(18)26-2/h3-9,14H,10-13,15H2,1-2H3. The maximum absolute atomic E-state index is 12.9. The topological polar surface area (TPSA) is 66.9 Å². The Bertz CT molecular complexity index is 919. The highest BCUT2D eigenvalue weighted by atomic mass is 32.2. The summed E-state index contributed by atoms with van der Waals surface area (Å²) in [5.74, 6) is 0.697. The first-order valence-corrected chi connectivity index (χ1v) is 10.3. The predicted octanol–water partition coefficient (Wildman–Crippen LogP) is 2.40. The second-order valence-corrected chi connectivity index (χ2v) is 8.51. The van der Waals surface area contributed by atoms with E-state index in [2.05, 4.69) is 4.90 Å². The minimum atomic E-state index is -3.60. The van der Waals surface area contributed by atoms with Crippen LogP contribution in [-0.4, -0.2) is 56.7 Å². The molecule has 0 aliphatic carbocycles. The number of carbonyl (C=O) groups is 1. The van der Waals surface area contributed by atoms with Gasteiger partial charge in [0.05, 0.1) is 12.0 Å². The molecule has 0 N–H and O–H groups in total. The van der Waals surface area contributed by atoms with Gasteiger partial charge in [0.1, 0.15) is 5.75 Å². The molecule has 1 heterocycles. The van der Waals surface area contributed by atoms with E-state index < -0.39 is 10.0 Å². The van der Waals surface area contributed by atoms with Gasteiger partial charge >= 0.3 is 0 Å². The molecule has 0 radical (unpaired) electrons. The summed E-state index contributed by atoms with van der Waals surface area (Å²) in [6, 6.07) is 14.1. The first kappa shape index (κ1) is 19.5. The minimum Gasteiger partial charge on any atom is -0.496 e. The lowest BCUT2D eigenvalue weighted by molar-refractivity contribution is 0.101. The van der Waals surface area contributed by atoms with Gasteiger partial charge in [0.25, 0.3) is 0 Å². The first-order valence-electron chi connectivity index (χ1n) is 8.87. The Balaban J connectivity index is 1.68. The average Bonchev–Trinajstić information content (AvgIpc) is 2.69. The van der Waals surface area contributed by atoms with Crippen LogP contribution in [0.1, 0.15) is 22.8 Å². The molecule has 0 aromatic heterocycles. The number of rotatable bonds is 6. The van der Waals surface area contributed by atoms with Crippen molar-refractivity contribution in [1.82, 2.24) is 9.21 Å². The number of ether oxygens (including phenoxy) is 1. The molecule has 144 valence electrons. The van der Waals surface area contributed by atoms with Crippen molar-refractivity contribution in [3.8, 4) is 5.75 Å². The number of nitrogens with zero attached hydrogens (tertiary/aromatic N) is 2. The van der Waals surface area contributed by atoms with Crippen molar-refractivity contribution in [2.75, 3.05) is 33.3 Å². The number of piperazine rings is 1. The lowest BCUT2D eigenvalue weighted by Gasteiger charge is -2.34. The summed E-state index contributed by atoms with van der Waals surface area (Å²) in [6.07, 6.45) is 0. The molecule has 1 aliphatic heterocycles. The molecule has 1 aliphatic rings. The van der Waals surface area contributed by atoms with Crippen LogP contribution >= 0.6 is 0 Å². The van der Waals surface area contributed by atoms with Crippen LogP contribution in [0, 0.1) is 0 Å². The summed E-state index contributed by atoms with van der Waals surface area (Å²) in [5, 5.41) is 0. The monoisotopic (exact) mass is 388 g/mol. The van der Waals surface area contributed by atoms with Gasteiger partial charge in [0, 0.05) is 43.9 Å². The maximum Gasteiger partial charge on any atom is 0.243 e. The second kappa shape index (κ2) is 8.21. The number of para-hydroxylation sites is 1. The van der Waals surface area contributed by atoms with Crippen molar-refractivity contribution >= 4 is 15.8 Å². The van der Waals surface area contributed by atoms with Gasteiger partial charge in [-0.2, -0.15) is 4.31 Å². The molecule has 0 bridgehead atoms. The van der Waals surface area contributed by atoms with E-state index in [0.29, 0.717) is 31.7 Å². The number of Topliss-reactive ketones (excluding diaryl/α,β-unsaturated/α-hetero) is 1. The van der Waals surface area contributed by atoms with E-state index >= 15 is 0 Å². The first-order chi connectivity index (χ1) is 12.9. The average molecular weight is 388 g/mol. The van der Waals surface area contributed by atoms with Crippen LogP contribution in [0.5, 0.6) is 5.75 Å². The highest BCUT2D eigenvalue weighted by molar-refractivity contribution is 7.89. The van der Waals surface area contributed by atoms with Gasteiger partial charge in [0.15, 0.2) is 5.78 Å². The van der Waals surface area contributed by atoms with E-state index in [-0.39, 0.29) is 10.7 Å². The van der Waals surface area contributed by atoms with Gasteiger partial charge in [-0.05, 0) is 25.1 Å². The largest absolute Gasteiger partial charge is 0.496 e. The Morgan fingerprint density at radius 2 is 1.74 bits per heavy atom. The van der Waals surface area contributed by atoms with Gasteiger partial charge in [-0.3, -0.25) is 9.69 Å². The van der Waals surface area contributed by atoms with Gasteiger partial charge < -0.3 is 4.74 Å². The Hall–Kier alpha value is -2.22. The van der Waals surface area contributed by atoms with Gasteiger partial charge in [-0.15, -0.1) is 0 Å². The van der Waals surface area contributed by atoms with Gasteiger partial charge in [0.2, 0.25) is 10.0 Å². The van der Waals surface area contributed by atoms with Crippen LogP contribution in [0.3, 0.4) is 0 Å². The van der Waals surface area contributed by atoms with E-state index in [1.54, 1.807) is 25.3 Å². The molecule has 0 spiro atoms. The summed E-state index contributed by atoms with van der Waals surface area (Å²) in [6.45, 7) is 4.27. The predicted molar refractivity (Wildman–Crippen MR) is 103 cm³/mol. The van der Waals surface area contributed by atoms with Crippen LogP contribution in [0.15, 0.2) is 53.4 Å². The summed E-state index contributed by atoms with van der Waals surface area (Å²) >= 11 is 0. The molecule has 1 fully saturated rings. The number of sulfonamides is 1. The lowest BCUT2D eigenvalue weighted by atomic mass is 10.2. The molecule has 2 aromatic carbocycles. The number of hydrogen-bond acceptors (Lipinski definition) is 5. The van der Waals surface area contributed by atoms with E-state index in [4.69, 9.17) is 4.74 Å². The van der Waals surface area contributed by atoms with Gasteiger partial charge in [-0.1, -0.05) is 30.3 Å². The molecule has 2 aromatic rings. The molecule has 27 heavy (non-hydrogen) atoms. The number of carbonyl (C=O) groups excluding carboxylic acids is 1. The molecule has 0 amide bonds. The zero-order valence-electron chi connectivity index (χ0n) is 15.6. The van der Waals surface area contributed by atoms with E-state index in [1.165, 1.54) is 17.3 Å². The van der Waals surface area contributed by atoms with Crippen molar-refractivity contribution in [1.29, 1.82) is 0 Å². The summed E-state index contributed by atoms with van der Waals surface area (Å²) in [7, 11) is -1.95. The third-order valence-corrected chi connectivity index (χ3v) is 6.69. The van der Waals surface area contributed by atoms with Crippen molar-refractivity contribution in [3.05, 3.63) is 59.7 Å². The van der Waals surface area contributed by atoms with Crippen molar-refractivity contribution in [2.24, 2.45) is 0 Å². The highest BCUT2D eigenvalue weighted by Crippen LogP contribution is 2.22. The normalized spacial score (nSPS) is 16.2. The number of methoxy groups -OCH3 is 1. The third-order valence-electron chi connectivity index (χ3n) is 4.80. The highest BCUT2D eigenvalue weighted by Gasteiger charge is 2.29. The number of hydrogen-bond donors (Lipinski definition) is 0. The minimum absolute atomic E-state index is 0.145. The second-order valence-electron chi connectivity index (χ2n) is 6.58. The Kier molecular flexibility index (Phi) is 5.94. The van der Waals surface area contributed by atoms with Crippen LogP contribution in [0.2, 0.25) is 0 Å². The smallest absolute Gasteiger partial charge is 0.243 e. The summed E-state index contributed by atoms with van der Waals surface area (Å²) in [4.78, 5) is 13.9. The summed E-state index contributed by atoms with van der Waals surface area (Å²) < 4.78 is 32.7. The summed E-state index contributed by atoms with van der Waals surface area (Å²) in [5.41, 5.74) is 1.50. The van der Waals surface area contributed by atoms with E-state index in [1.807, 2.05) is 24.3 Å². The number of benzene rings is 2. The fraction of sp³-hybridized carbons (Fsp3) is 0.350. The van der Waals surface area contributed by atoms with Crippen molar-refractivity contribution in [3.63, 3.8) is 0 Å². The molecule has 0 atom stereocenters. The zero-order chi connectivity index (χ0) is 19.4. The number of ketones is 1. The maximum atomic E-state index is 12.9.